The van der Waals surface area contributed by atoms with E-state index in [9.17, 15) is 4.79 Å². The van der Waals surface area contributed by atoms with Gasteiger partial charge in [-0.05, 0) is 30.8 Å². The van der Waals surface area contributed by atoms with Crippen LogP contribution in [0.25, 0.3) is 0 Å². The summed E-state index contributed by atoms with van der Waals surface area (Å²) < 4.78 is 3.73. The minimum Gasteiger partial charge on any atom is -0.347 e. The number of hydrogen-bond acceptors (Lipinski definition) is 4. The Labute approximate surface area is 105 Å². The average Bonchev–Trinajstić information content (AvgIpc) is 2.62. The largest absolute Gasteiger partial charge is 0.347 e. The van der Waals surface area contributed by atoms with Crippen LogP contribution in [0, 0.1) is 12.8 Å². The number of amides is 1. The average molecular weight is 262 g/mol. The molecule has 0 aliphatic carbocycles. The second-order valence-electron chi connectivity index (χ2n) is 4.14. The van der Waals surface area contributed by atoms with E-state index in [1.165, 1.54) is 0 Å². The van der Waals surface area contributed by atoms with Crippen LogP contribution in [0.2, 0.25) is 0 Å². The summed E-state index contributed by atoms with van der Waals surface area (Å²) in [5.74, 6) is 0.804. The zero-order valence-electron chi connectivity index (χ0n) is 9.66. The molecular formula is C10H16ClN3OS. The van der Waals surface area contributed by atoms with Crippen molar-refractivity contribution in [3.63, 3.8) is 0 Å². The molecule has 1 rings (SSSR count). The molecule has 90 valence electrons. The van der Waals surface area contributed by atoms with Gasteiger partial charge >= 0.3 is 0 Å². The maximum Gasteiger partial charge on any atom is 0.265 e. The SMILES string of the molecule is Cc1nnsc1C(=O)NC(CCl)CC(C)C. The van der Waals surface area contributed by atoms with Crippen LogP contribution in [-0.2, 0) is 0 Å². The molecule has 1 aromatic rings. The van der Waals surface area contributed by atoms with Crippen LogP contribution in [0.1, 0.15) is 35.6 Å². The van der Waals surface area contributed by atoms with E-state index in [4.69, 9.17) is 11.6 Å². The quantitative estimate of drug-likeness (QED) is 0.827. The second-order valence-corrected chi connectivity index (χ2v) is 5.20. The van der Waals surface area contributed by atoms with Crippen molar-refractivity contribution < 1.29 is 4.79 Å². The standard InChI is InChI=1S/C10H16ClN3OS/c1-6(2)4-8(5-11)12-10(15)9-7(3)13-14-16-9/h6,8H,4-5H2,1-3H3,(H,12,15). The van der Waals surface area contributed by atoms with Gasteiger partial charge in [0, 0.05) is 11.9 Å². The molecular weight excluding hydrogens is 246 g/mol. The summed E-state index contributed by atoms with van der Waals surface area (Å²) in [4.78, 5) is 12.4. The Morgan fingerprint density at radius 2 is 2.25 bits per heavy atom. The lowest BCUT2D eigenvalue weighted by molar-refractivity contribution is 0.0940. The smallest absolute Gasteiger partial charge is 0.265 e. The highest BCUT2D eigenvalue weighted by molar-refractivity contribution is 7.08. The molecule has 1 atom stereocenters. The molecule has 0 bridgehead atoms. The molecule has 0 aromatic carbocycles. The number of carbonyl (C=O) groups excluding carboxylic acids is 1. The van der Waals surface area contributed by atoms with Gasteiger partial charge in [-0.1, -0.05) is 18.3 Å². The van der Waals surface area contributed by atoms with E-state index < -0.39 is 0 Å². The first-order valence-corrected chi connectivity index (χ1v) is 6.51. The Bertz CT molecular complexity index is 354. The molecule has 16 heavy (non-hydrogen) atoms. The first-order chi connectivity index (χ1) is 7.54. The second kappa shape index (κ2) is 6.15. The van der Waals surface area contributed by atoms with Gasteiger partial charge in [-0.25, -0.2) is 0 Å². The van der Waals surface area contributed by atoms with Crippen LogP contribution in [0.15, 0.2) is 0 Å². The molecule has 1 aromatic heterocycles. The van der Waals surface area contributed by atoms with Crippen LogP contribution >= 0.6 is 23.1 Å². The monoisotopic (exact) mass is 261 g/mol. The summed E-state index contributed by atoms with van der Waals surface area (Å²) >= 11 is 6.93. The number of alkyl halides is 1. The number of carbonyl (C=O) groups is 1. The normalized spacial score (nSPS) is 12.8. The number of halogens is 1. The Balaban J connectivity index is 2.59. The van der Waals surface area contributed by atoms with Crippen molar-refractivity contribution in [3.8, 4) is 0 Å². The highest BCUT2D eigenvalue weighted by atomic mass is 35.5. The van der Waals surface area contributed by atoms with Crippen LogP contribution in [-0.4, -0.2) is 27.4 Å². The van der Waals surface area contributed by atoms with E-state index in [1.54, 1.807) is 6.92 Å². The van der Waals surface area contributed by atoms with Gasteiger partial charge in [-0.15, -0.1) is 16.7 Å². The molecule has 0 saturated carbocycles. The summed E-state index contributed by atoms with van der Waals surface area (Å²) in [7, 11) is 0. The minimum absolute atomic E-state index is 0.00988. The van der Waals surface area contributed by atoms with Crippen LogP contribution in [0.3, 0.4) is 0 Å². The molecule has 1 amide bonds. The highest BCUT2D eigenvalue weighted by Gasteiger charge is 2.17. The number of nitrogens with zero attached hydrogens (tertiary/aromatic N) is 2. The Morgan fingerprint density at radius 1 is 1.56 bits per heavy atom. The maximum atomic E-state index is 11.8. The summed E-state index contributed by atoms with van der Waals surface area (Å²) in [6.45, 7) is 5.98. The fourth-order valence-corrected chi connectivity index (χ4v) is 2.18. The van der Waals surface area contributed by atoms with Crippen LogP contribution < -0.4 is 5.32 Å². The number of nitrogens with one attached hydrogen (secondary N) is 1. The maximum absolute atomic E-state index is 11.8. The van der Waals surface area contributed by atoms with E-state index in [-0.39, 0.29) is 11.9 Å². The molecule has 0 radical (unpaired) electrons. The minimum atomic E-state index is -0.126. The van der Waals surface area contributed by atoms with Gasteiger partial charge < -0.3 is 5.32 Å². The number of rotatable bonds is 5. The summed E-state index contributed by atoms with van der Waals surface area (Å²) in [6.07, 6.45) is 0.876. The van der Waals surface area contributed by atoms with Crippen LogP contribution in [0.5, 0.6) is 0 Å². The summed E-state index contributed by atoms with van der Waals surface area (Å²) in [5.41, 5.74) is 0.667. The lowest BCUT2D eigenvalue weighted by Crippen LogP contribution is -2.37. The van der Waals surface area contributed by atoms with Gasteiger partial charge in [0.05, 0.1) is 5.69 Å². The molecule has 1 N–H and O–H groups in total. The zero-order valence-corrected chi connectivity index (χ0v) is 11.2. The number of aryl methyl sites for hydroxylation is 1. The topological polar surface area (TPSA) is 54.9 Å². The molecule has 4 nitrogen and oxygen atoms in total. The van der Waals surface area contributed by atoms with Crippen molar-refractivity contribution in [2.75, 3.05) is 5.88 Å². The Kier molecular flexibility index (Phi) is 5.15. The van der Waals surface area contributed by atoms with E-state index >= 15 is 0 Å². The van der Waals surface area contributed by atoms with E-state index in [1.807, 2.05) is 0 Å². The van der Waals surface area contributed by atoms with Gasteiger partial charge in [-0.3, -0.25) is 4.79 Å². The van der Waals surface area contributed by atoms with Gasteiger partial charge in [0.2, 0.25) is 0 Å². The van der Waals surface area contributed by atoms with Gasteiger partial charge in [0.15, 0.2) is 0 Å². The Morgan fingerprint density at radius 3 is 2.69 bits per heavy atom. The lowest BCUT2D eigenvalue weighted by atomic mass is 10.1. The number of aromatic nitrogens is 2. The molecule has 0 aliphatic rings. The van der Waals surface area contributed by atoms with E-state index in [0.717, 1.165) is 18.0 Å². The van der Waals surface area contributed by atoms with Crippen molar-refractivity contribution >= 4 is 29.0 Å². The Hall–Kier alpha value is -0.680. The highest BCUT2D eigenvalue weighted by Crippen LogP contribution is 2.11. The third kappa shape index (κ3) is 3.72. The first-order valence-electron chi connectivity index (χ1n) is 5.20. The first kappa shape index (κ1) is 13.4. The fourth-order valence-electron chi connectivity index (χ4n) is 1.42. The fraction of sp³-hybridized carbons (Fsp3) is 0.700. The van der Waals surface area contributed by atoms with Crippen molar-refractivity contribution in [2.45, 2.75) is 33.2 Å². The van der Waals surface area contributed by atoms with Gasteiger partial charge in [0.25, 0.3) is 5.91 Å². The van der Waals surface area contributed by atoms with Gasteiger partial charge in [0.1, 0.15) is 4.88 Å². The van der Waals surface area contributed by atoms with Crippen LogP contribution in [0.4, 0.5) is 0 Å². The van der Waals surface area contributed by atoms with E-state index in [2.05, 4.69) is 28.8 Å². The van der Waals surface area contributed by atoms with Crippen molar-refractivity contribution in [1.29, 1.82) is 0 Å². The van der Waals surface area contributed by atoms with E-state index in [0.29, 0.717) is 22.4 Å². The van der Waals surface area contributed by atoms with Gasteiger partial charge in [-0.2, -0.15) is 0 Å². The predicted molar refractivity (Wildman–Crippen MR) is 66.1 cm³/mol. The molecule has 0 spiro atoms. The molecule has 0 aliphatic heterocycles. The van der Waals surface area contributed by atoms with Crippen molar-refractivity contribution in [2.24, 2.45) is 5.92 Å². The predicted octanol–water partition coefficient (Wildman–Crippen LogP) is 2.23. The third-order valence-electron chi connectivity index (χ3n) is 2.14. The molecule has 0 saturated heterocycles. The summed E-state index contributed by atoms with van der Waals surface area (Å²) in [5, 5.41) is 6.71. The third-order valence-corrected chi connectivity index (χ3v) is 3.33. The molecule has 6 heteroatoms. The zero-order chi connectivity index (χ0) is 12.1. The lowest BCUT2D eigenvalue weighted by Gasteiger charge is -2.17. The molecule has 1 heterocycles. The molecule has 0 fully saturated rings. The molecule has 1 unspecified atom stereocenters. The number of hydrogen-bond donors (Lipinski definition) is 1. The summed E-state index contributed by atoms with van der Waals surface area (Å²) in [6, 6.07) is 0.00988. The van der Waals surface area contributed by atoms with Crippen molar-refractivity contribution in [1.82, 2.24) is 14.9 Å². The van der Waals surface area contributed by atoms with Crippen molar-refractivity contribution in [3.05, 3.63) is 10.6 Å².